The lowest BCUT2D eigenvalue weighted by Gasteiger charge is -2.34. The molecule has 0 spiro atoms. The van der Waals surface area contributed by atoms with Crippen molar-refractivity contribution in [3.05, 3.63) is 28.7 Å². The molecule has 8 nitrogen and oxygen atoms in total. The van der Waals surface area contributed by atoms with Gasteiger partial charge in [-0.2, -0.15) is 4.31 Å². The molecule has 3 atom stereocenters. The smallest absolute Gasteiger partial charge is 0.408 e. The highest BCUT2D eigenvalue weighted by Gasteiger charge is 2.32. The Morgan fingerprint density at radius 1 is 1.13 bits per heavy atom. The summed E-state index contributed by atoms with van der Waals surface area (Å²) in [5, 5.41) is 0. The van der Waals surface area contributed by atoms with E-state index < -0.39 is 15.8 Å². The van der Waals surface area contributed by atoms with Crippen LogP contribution >= 0.6 is 0 Å². The van der Waals surface area contributed by atoms with Gasteiger partial charge in [0.1, 0.15) is 6.54 Å². The summed E-state index contributed by atoms with van der Waals surface area (Å²) >= 11 is 0. The fourth-order valence-electron chi connectivity index (χ4n) is 5.00. The van der Waals surface area contributed by atoms with E-state index in [1.165, 1.54) is 21.0 Å². The van der Waals surface area contributed by atoms with Crippen molar-refractivity contribution in [3.8, 4) is 0 Å². The summed E-state index contributed by atoms with van der Waals surface area (Å²) in [6.07, 6.45) is 4.03. The zero-order valence-electron chi connectivity index (χ0n) is 18.4. The number of nitrogens with zero attached hydrogens (tertiary/aromatic N) is 3. The van der Waals surface area contributed by atoms with Crippen molar-refractivity contribution >= 4 is 27.0 Å². The molecule has 170 valence electrons. The number of benzene rings is 1. The van der Waals surface area contributed by atoms with Crippen molar-refractivity contribution in [3.63, 3.8) is 0 Å². The van der Waals surface area contributed by atoms with Crippen LogP contribution in [0.3, 0.4) is 0 Å². The van der Waals surface area contributed by atoms with Crippen LogP contribution in [0.5, 0.6) is 0 Å². The third kappa shape index (κ3) is 4.30. The van der Waals surface area contributed by atoms with E-state index in [0.29, 0.717) is 37.0 Å². The molecule has 4 rings (SSSR count). The third-order valence-corrected chi connectivity index (χ3v) is 8.36. The fraction of sp³-hybridized carbons (Fsp3) is 0.636. The van der Waals surface area contributed by atoms with Gasteiger partial charge in [0, 0.05) is 31.7 Å². The van der Waals surface area contributed by atoms with Crippen molar-refractivity contribution in [1.29, 1.82) is 0 Å². The van der Waals surface area contributed by atoms with E-state index in [9.17, 15) is 18.0 Å². The van der Waals surface area contributed by atoms with Gasteiger partial charge in [0.15, 0.2) is 5.58 Å². The molecule has 2 aromatic rings. The monoisotopic (exact) mass is 449 g/mol. The van der Waals surface area contributed by atoms with Crippen molar-refractivity contribution in [2.75, 3.05) is 19.6 Å². The van der Waals surface area contributed by atoms with Crippen LogP contribution in [0, 0.1) is 11.8 Å². The van der Waals surface area contributed by atoms with Crippen LogP contribution in [-0.4, -0.2) is 53.8 Å². The molecule has 9 heteroatoms. The molecule has 0 bridgehead atoms. The highest BCUT2D eigenvalue weighted by molar-refractivity contribution is 7.89. The quantitative estimate of drug-likeness (QED) is 0.715. The number of hydrogen-bond acceptors (Lipinski definition) is 5. The fourth-order valence-corrected chi connectivity index (χ4v) is 6.70. The standard InChI is InChI=1S/C22H31N3O5S/c1-15-10-16(2)13-23(12-15)31(28,29)18-7-8-19-20(11-18)30-22(27)25(19)14-21(26)24-9-5-4-6-17(24)3/h7-8,11,15-17H,4-6,9-10,12-14H2,1-3H3/t15-,16-,17+/m0/s1. The predicted octanol–water partition coefficient (Wildman–Crippen LogP) is 2.66. The summed E-state index contributed by atoms with van der Waals surface area (Å²) in [7, 11) is -3.68. The minimum atomic E-state index is -3.68. The Kier molecular flexibility index (Phi) is 6.00. The molecule has 0 aliphatic carbocycles. The van der Waals surface area contributed by atoms with Gasteiger partial charge in [0.25, 0.3) is 0 Å². The molecule has 0 radical (unpaired) electrons. The first-order chi connectivity index (χ1) is 14.7. The molecular formula is C22H31N3O5S. The molecule has 3 heterocycles. The van der Waals surface area contributed by atoms with Gasteiger partial charge < -0.3 is 9.32 Å². The number of fused-ring (bicyclic) bond motifs is 1. The third-order valence-electron chi connectivity index (χ3n) is 6.53. The number of amides is 1. The number of sulfonamides is 1. The van der Waals surface area contributed by atoms with Gasteiger partial charge in [-0.3, -0.25) is 9.36 Å². The van der Waals surface area contributed by atoms with Crippen LogP contribution in [0.4, 0.5) is 0 Å². The van der Waals surface area contributed by atoms with E-state index in [1.54, 1.807) is 6.07 Å². The topological polar surface area (TPSA) is 92.8 Å². The van der Waals surface area contributed by atoms with Gasteiger partial charge >= 0.3 is 5.76 Å². The molecule has 0 unspecified atom stereocenters. The summed E-state index contributed by atoms with van der Waals surface area (Å²) in [6.45, 7) is 7.69. The number of oxazole rings is 1. The Morgan fingerprint density at radius 2 is 1.84 bits per heavy atom. The molecule has 31 heavy (non-hydrogen) atoms. The second-order valence-corrected chi connectivity index (χ2v) is 11.2. The molecule has 2 aliphatic heterocycles. The summed E-state index contributed by atoms with van der Waals surface area (Å²) in [6, 6.07) is 4.62. The SMILES string of the molecule is C[C@H]1C[C@H](C)CN(S(=O)(=O)c2ccc3c(c2)oc(=O)n3CC(=O)N2CCCC[C@H]2C)C1. The van der Waals surface area contributed by atoms with Gasteiger partial charge in [-0.05, 0) is 56.6 Å². The first-order valence-corrected chi connectivity index (χ1v) is 12.5. The molecule has 0 saturated carbocycles. The first kappa shape index (κ1) is 22.1. The normalized spacial score (nSPS) is 25.8. The van der Waals surface area contributed by atoms with E-state index >= 15 is 0 Å². The van der Waals surface area contributed by atoms with E-state index in [0.717, 1.165) is 25.7 Å². The van der Waals surface area contributed by atoms with E-state index in [1.807, 2.05) is 11.8 Å². The molecule has 2 saturated heterocycles. The Balaban J connectivity index is 1.61. The summed E-state index contributed by atoms with van der Waals surface area (Å²) < 4.78 is 34.5. The average molecular weight is 450 g/mol. The second kappa shape index (κ2) is 8.43. The number of likely N-dealkylation sites (tertiary alicyclic amines) is 1. The van der Waals surface area contributed by atoms with Crippen LogP contribution in [-0.2, 0) is 21.4 Å². The van der Waals surface area contributed by atoms with Crippen molar-refractivity contribution in [2.45, 2.75) is 63.9 Å². The van der Waals surface area contributed by atoms with Gasteiger partial charge in [0.05, 0.1) is 10.4 Å². The maximum atomic E-state index is 13.2. The van der Waals surface area contributed by atoms with Gasteiger partial charge in [-0.1, -0.05) is 13.8 Å². The minimum Gasteiger partial charge on any atom is -0.408 e. The van der Waals surface area contributed by atoms with E-state index in [-0.39, 0.29) is 29.0 Å². The van der Waals surface area contributed by atoms with Crippen LogP contribution in [0.15, 0.2) is 32.3 Å². The highest BCUT2D eigenvalue weighted by Crippen LogP contribution is 2.28. The Bertz CT molecular complexity index is 1130. The number of carbonyl (C=O) groups excluding carboxylic acids is 1. The average Bonchev–Trinajstić information content (AvgIpc) is 3.02. The molecule has 2 aliphatic rings. The van der Waals surface area contributed by atoms with Crippen LogP contribution in [0.25, 0.3) is 11.1 Å². The Hall–Kier alpha value is -2.13. The lowest BCUT2D eigenvalue weighted by atomic mass is 9.94. The first-order valence-electron chi connectivity index (χ1n) is 11.1. The van der Waals surface area contributed by atoms with Crippen molar-refractivity contribution in [2.24, 2.45) is 11.8 Å². The number of hydrogen-bond donors (Lipinski definition) is 0. The molecule has 1 aromatic heterocycles. The number of carbonyl (C=O) groups is 1. The molecule has 1 aromatic carbocycles. The maximum absolute atomic E-state index is 13.2. The lowest BCUT2D eigenvalue weighted by Crippen LogP contribution is -2.44. The highest BCUT2D eigenvalue weighted by atomic mass is 32.2. The Morgan fingerprint density at radius 3 is 2.52 bits per heavy atom. The molecule has 2 fully saturated rings. The second-order valence-electron chi connectivity index (χ2n) is 9.28. The Labute approximate surface area is 182 Å². The van der Waals surface area contributed by atoms with Gasteiger partial charge in [0.2, 0.25) is 15.9 Å². The van der Waals surface area contributed by atoms with E-state index in [2.05, 4.69) is 13.8 Å². The van der Waals surface area contributed by atoms with Crippen LogP contribution < -0.4 is 5.76 Å². The zero-order valence-corrected chi connectivity index (χ0v) is 19.2. The molecule has 1 amide bonds. The van der Waals surface area contributed by atoms with Gasteiger partial charge in [-0.25, -0.2) is 13.2 Å². The van der Waals surface area contributed by atoms with E-state index in [4.69, 9.17) is 4.42 Å². The summed E-state index contributed by atoms with van der Waals surface area (Å²) in [4.78, 5) is 27.2. The number of rotatable bonds is 4. The largest absolute Gasteiger partial charge is 0.420 e. The number of aromatic nitrogens is 1. The summed E-state index contributed by atoms with van der Waals surface area (Å²) in [5.41, 5.74) is 0.617. The molecule has 0 N–H and O–H groups in total. The predicted molar refractivity (Wildman–Crippen MR) is 117 cm³/mol. The minimum absolute atomic E-state index is 0.108. The molecular weight excluding hydrogens is 418 g/mol. The van der Waals surface area contributed by atoms with Crippen molar-refractivity contribution < 1.29 is 17.6 Å². The maximum Gasteiger partial charge on any atom is 0.420 e. The summed E-state index contributed by atoms with van der Waals surface area (Å²) in [5.74, 6) is -0.179. The lowest BCUT2D eigenvalue weighted by molar-refractivity contribution is -0.135. The number of piperidine rings is 2. The van der Waals surface area contributed by atoms with Gasteiger partial charge in [-0.15, -0.1) is 0 Å². The van der Waals surface area contributed by atoms with Crippen LogP contribution in [0.2, 0.25) is 0 Å². The zero-order chi connectivity index (χ0) is 22.3. The van der Waals surface area contributed by atoms with Crippen LogP contribution in [0.1, 0.15) is 46.5 Å². The van der Waals surface area contributed by atoms with Crippen molar-refractivity contribution in [1.82, 2.24) is 13.8 Å².